The molecule has 0 saturated carbocycles. The number of hydrogen-bond donors (Lipinski definition) is 1. The van der Waals surface area contributed by atoms with Crippen molar-refractivity contribution in [2.75, 3.05) is 12.4 Å². The highest BCUT2D eigenvalue weighted by Crippen LogP contribution is 2.27. The maximum Gasteiger partial charge on any atom is 0.221 e. The highest BCUT2D eigenvalue weighted by molar-refractivity contribution is 5.90. The molecule has 0 aliphatic heterocycles. The van der Waals surface area contributed by atoms with E-state index >= 15 is 0 Å². The van der Waals surface area contributed by atoms with Crippen LogP contribution in [0.5, 0.6) is 11.5 Å². The summed E-state index contributed by atoms with van der Waals surface area (Å²) in [6.07, 6.45) is 0. The first-order valence-electron chi connectivity index (χ1n) is 6.73. The van der Waals surface area contributed by atoms with E-state index in [0.29, 0.717) is 18.0 Å². The van der Waals surface area contributed by atoms with Crippen LogP contribution >= 0.6 is 0 Å². The van der Waals surface area contributed by atoms with Gasteiger partial charge in [-0.3, -0.25) is 4.79 Å². The molecule has 1 amide bonds. The molecule has 4 nitrogen and oxygen atoms in total. The fraction of sp³-hybridized carbons (Fsp3) is 0.235. The molecule has 2 aromatic carbocycles. The SMILES string of the molecule is COc1ccc(C)cc1COc1ccccc1NC(C)=O. The van der Waals surface area contributed by atoms with Gasteiger partial charge in [0, 0.05) is 12.5 Å². The molecule has 0 atom stereocenters. The van der Waals surface area contributed by atoms with Gasteiger partial charge in [-0.05, 0) is 31.2 Å². The summed E-state index contributed by atoms with van der Waals surface area (Å²) in [4.78, 5) is 11.2. The Kier molecular flexibility index (Phi) is 4.82. The molecule has 0 heterocycles. The van der Waals surface area contributed by atoms with Gasteiger partial charge in [-0.25, -0.2) is 0 Å². The highest BCUT2D eigenvalue weighted by atomic mass is 16.5. The molecule has 0 unspecified atom stereocenters. The van der Waals surface area contributed by atoms with Crippen LogP contribution in [0.15, 0.2) is 42.5 Å². The number of carbonyl (C=O) groups is 1. The molecule has 0 saturated heterocycles. The maximum atomic E-state index is 11.2. The predicted molar refractivity (Wildman–Crippen MR) is 82.8 cm³/mol. The number of methoxy groups -OCH3 is 1. The average molecular weight is 285 g/mol. The van der Waals surface area contributed by atoms with E-state index in [9.17, 15) is 4.79 Å². The lowest BCUT2D eigenvalue weighted by Gasteiger charge is -2.14. The van der Waals surface area contributed by atoms with Gasteiger partial charge in [0.25, 0.3) is 0 Å². The molecule has 2 aromatic rings. The normalized spacial score (nSPS) is 10.0. The Morgan fingerprint density at radius 1 is 1.14 bits per heavy atom. The van der Waals surface area contributed by atoms with Crippen molar-refractivity contribution in [2.45, 2.75) is 20.5 Å². The predicted octanol–water partition coefficient (Wildman–Crippen LogP) is 3.54. The van der Waals surface area contributed by atoms with Crippen LogP contribution in [0, 0.1) is 6.92 Å². The third kappa shape index (κ3) is 3.99. The first-order valence-corrected chi connectivity index (χ1v) is 6.73. The van der Waals surface area contributed by atoms with E-state index in [0.717, 1.165) is 16.9 Å². The van der Waals surface area contributed by atoms with Crippen molar-refractivity contribution < 1.29 is 14.3 Å². The third-order valence-electron chi connectivity index (χ3n) is 3.02. The fourth-order valence-corrected chi connectivity index (χ4v) is 2.06. The molecular weight excluding hydrogens is 266 g/mol. The topological polar surface area (TPSA) is 47.6 Å². The second-order valence-corrected chi connectivity index (χ2v) is 4.78. The Bertz CT molecular complexity index is 638. The van der Waals surface area contributed by atoms with E-state index in [4.69, 9.17) is 9.47 Å². The molecule has 2 rings (SSSR count). The Morgan fingerprint density at radius 3 is 2.62 bits per heavy atom. The molecule has 0 radical (unpaired) electrons. The van der Waals surface area contributed by atoms with Crippen LogP contribution in [0.2, 0.25) is 0 Å². The summed E-state index contributed by atoms with van der Waals surface area (Å²) in [7, 11) is 1.64. The highest BCUT2D eigenvalue weighted by Gasteiger charge is 2.07. The number of amides is 1. The molecule has 110 valence electrons. The Balaban J connectivity index is 2.17. The summed E-state index contributed by atoms with van der Waals surface area (Å²) in [5, 5.41) is 2.75. The fourth-order valence-electron chi connectivity index (χ4n) is 2.06. The molecule has 4 heteroatoms. The van der Waals surface area contributed by atoms with E-state index in [1.54, 1.807) is 7.11 Å². The van der Waals surface area contributed by atoms with Crippen LogP contribution < -0.4 is 14.8 Å². The van der Waals surface area contributed by atoms with Gasteiger partial charge in [-0.15, -0.1) is 0 Å². The molecule has 0 spiro atoms. The van der Waals surface area contributed by atoms with Crippen molar-refractivity contribution in [3.63, 3.8) is 0 Å². The van der Waals surface area contributed by atoms with E-state index in [1.807, 2.05) is 49.4 Å². The van der Waals surface area contributed by atoms with Gasteiger partial charge in [-0.1, -0.05) is 23.8 Å². The summed E-state index contributed by atoms with van der Waals surface area (Å²) in [5.41, 5.74) is 2.77. The van der Waals surface area contributed by atoms with Gasteiger partial charge >= 0.3 is 0 Å². The second kappa shape index (κ2) is 6.79. The molecule has 0 aliphatic rings. The number of hydrogen-bond acceptors (Lipinski definition) is 3. The quantitative estimate of drug-likeness (QED) is 0.914. The monoisotopic (exact) mass is 285 g/mol. The summed E-state index contributed by atoms with van der Waals surface area (Å²) < 4.78 is 11.2. The van der Waals surface area contributed by atoms with Gasteiger partial charge in [0.05, 0.1) is 12.8 Å². The largest absolute Gasteiger partial charge is 0.496 e. The maximum absolute atomic E-state index is 11.2. The lowest BCUT2D eigenvalue weighted by Crippen LogP contribution is -2.08. The van der Waals surface area contributed by atoms with E-state index in [-0.39, 0.29) is 5.91 Å². The number of carbonyl (C=O) groups excluding carboxylic acids is 1. The zero-order valence-electron chi connectivity index (χ0n) is 12.5. The van der Waals surface area contributed by atoms with Crippen LogP contribution in [-0.2, 0) is 11.4 Å². The average Bonchev–Trinajstić information content (AvgIpc) is 2.46. The minimum atomic E-state index is -0.126. The number of nitrogens with one attached hydrogen (secondary N) is 1. The van der Waals surface area contributed by atoms with Crippen LogP contribution in [0.1, 0.15) is 18.1 Å². The third-order valence-corrected chi connectivity index (χ3v) is 3.02. The Morgan fingerprint density at radius 2 is 1.90 bits per heavy atom. The smallest absolute Gasteiger partial charge is 0.221 e. The summed E-state index contributed by atoms with van der Waals surface area (Å²) in [6, 6.07) is 13.3. The standard InChI is InChI=1S/C17H19NO3/c1-12-8-9-16(20-3)14(10-12)11-21-17-7-5-4-6-15(17)18-13(2)19/h4-10H,11H2,1-3H3,(H,18,19). The van der Waals surface area contributed by atoms with E-state index < -0.39 is 0 Å². The van der Waals surface area contributed by atoms with E-state index in [2.05, 4.69) is 5.32 Å². The summed E-state index contributed by atoms with van der Waals surface area (Å²) >= 11 is 0. The Hall–Kier alpha value is -2.49. The van der Waals surface area contributed by atoms with E-state index in [1.165, 1.54) is 6.92 Å². The molecule has 0 bridgehead atoms. The van der Waals surface area contributed by atoms with Gasteiger partial charge in [0.2, 0.25) is 5.91 Å². The van der Waals surface area contributed by atoms with Gasteiger partial charge in [0.1, 0.15) is 18.1 Å². The van der Waals surface area contributed by atoms with Crippen molar-refractivity contribution in [3.8, 4) is 11.5 Å². The minimum absolute atomic E-state index is 0.126. The number of ether oxygens (including phenoxy) is 2. The molecule has 21 heavy (non-hydrogen) atoms. The Labute approximate surface area is 124 Å². The number of anilines is 1. The van der Waals surface area contributed by atoms with Gasteiger partial charge in [0.15, 0.2) is 0 Å². The molecule has 0 fully saturated rings. The lowest BCUT2D eigenvalue weighted by atomic mass is 10.1. The second-order valence-electron chi connectivity index (χ2n) is 4.78. The number of aryl methyl sites for hydroxylation is 1. The van der Waals surface area contributed by atoms with Gasteiger partial charge in [-0.2, -0.15) is 0 Å². The minimum Gasteiger partial charge on any atom is -0.496 e. The zero-order chi connectivity index (χ0) is 15.2. The molecule has 0 aromatic heterocycles. The molecule has 1 N–H and O–H groups in total. The number of rotatable bonds is 5. The van der Waals surface area contributed by atoms with Crippen LogP contribution in [0.3, 0.4) is 0 Å². The number of benzene rings is 2. The van der Waals surface area contributed by atoms with Crippen molar-refractivity contribution in [2.24, 2.45) is 0 Å². The molecular formula is C17H19NO3. The van der Waals surface area contributed by atoms with Gasteiger partial charge < -0.3 is 14.8 Å². The van der Waals surface area contributed by atoms with Crippen molar-refractivity contribution >= 4 is 11.6 Å². The summed E-state index contributed by atoms with van der Waals surface area (Å²) in [6.45, 7) is 3.87. The van der Waals surface area contributed by atoms with Crippen molar-refractivity contribution in [1.29, 1.82) is 0 Å². The van der Waals surface area contributed by atoms with Crippen LogP contribution in [0.4, 0.5) is 5.69 Å². The first-order chi connectivity index (χ1) is 10.1. The van der Waals surface area contributed by atoms with Crippen molar-refractivity contribution in [1.82, 2.24) is 0 Å². The van der Waals surface area contributed by atoms with Crippen molar-refractivity contribution in [3.05, 3.63) is 53.6 Å². The first kappa shape index (κ1) is 14.9. The summed E-state index contributed by atoms with van der Waals surface area (Å²) in [5.74, 6) is 1.30. The zero-order valence-corrected chi connectivity index (χ0v) is 12.5. The lowest BCUT2D eigenvalue weighted by molar-refractivity contribution is -0.114. The molecule has 0 aliphatic carbocycles. The van der Waals surface area contributed by atoms with Crippen LogP contribution in [0.25, 0.3) is 0 Å². The number of para-hydroxylation sites is 2. The van der Waals surface area contributed by atoms with Crippen LogP contribution in [-0.4, -0.2) is 13.0 Å².